The number of hydrazine groups is 1. The van der Waals surface area contributed by atoms with Crippen molar-refractivity contribution in [2.24, 2.45) is 5.84 Å². The van der Waals surface area contributed by atoms with Crippen molar-refractivity contribution in [3.05, 3.63) is 90.0 Å². The predicted octanol–water partition coefficient (Wildman–Crippen LogP) is 2.30. The van der Waals surface area contributed by atoms with Crippen molar-refractivity contribution < 1.29 is 50.8 Å². The summed E-state index contributed by atoms with van der Waals surface area (Å²) in [5.74, 6) is 2.65. The minimum Gasteiger partial charge on any atom is -0.480 e. The maximum Gasteiger partial charge on any atom is 0.319 e. The van der Waals surface area contributed by atoms with Crippen molar-refractivity contribution in [1.29, 1.82) is 0 Å². The number of hydrogen-bond donors (Lipinski definition) is 7. The lowest BCUT2D eigenvalue weighted by Gasteiger charge is -2.08. The summed E-state index contributed by atoms with van der Waals surface area (Å²) in [7, 11) is -8.04. The van der Waals surface area contributed by atoms with Crippen LogP contribution >= 0.6 is 0 Å². The van der Waals surface area contributed by atoms with E-state index in [1.54, 1.807) is 24.3 Å². The molecule has 0 unspecified atom stereocenters. The van der Waals surface area contributed by atoms with Crippen molar-refractivity contribution in [3.8, 4) is 0 Å². The van der Waals surface area contributed by atoms with E-state index in [0.29, 0.717) is 5.01 Å². The number of nitrogens with zero attached hydrogens (tertiary/aromatic N) is 1. The molecule has 0 bridgehead atoms. The summed E-state index contributed by atoms with van der Waals surface area (Å²) in [5, 5.41) is 28.6. The van der Waals surface area contributed by atoms with Crippen molar-refractivity contribution >= 4 is 37.9 Å². The highest BCUT2D eigenvalue weighted by Crippen LogP contribution is 2.09. The highest BCUT2D eigenvalue weighted by atomic mass is 32.2. The molecule has 0 aliphatic carbocycles. The molecule has 0 saturated heterocycles. The van der Waals surface area contributed by atoms with Crippen LogP contribution in [0.4, 0.5) is 5.69 Å². The average molecular weight is 644 g/mol. The molecule has 0 aliphatic heterocycles. The van der Waals surface area contributed by atoms with E-state index in [4.69, 9.17) is 30.3 Å². The first-order chi connectivity index (χ1) is 19.9. The highest BCUT2D eigenvalue weighted by Gasteiger charge is 2.08. The number of carbonyl (C=O) groups is 2. The number of nitrogens with one attached hydrogen (secondary N) is 1. The summed E-state index contributed by atoms with van der Waals surface area (Å²) in [6, 6.07) is 22.0. The number of nitrogens with two attached hydrogens (primary N) is 1. The Morgan fingerprint density at radius 3 is 1.40 bits per heavy atom. The molecule has 0 fully saturated rings. The molecule has 3 aromatic rings. The molecule has 0 spiro atoms. The fourth-order valence-corrected chi connectivity index (χ4v) is 3.65. The Morgan fingerprint density at radius 2 is 1.09 bits per heavy atom. The van der Waals surface area contributed by atoms with E-state index in [0.717, 1.165) is 29.8 Å². The Morgan fingerprint density at radius 1 is 0.721 bits per heavy atom. The fraction of sp³-hybridized carbons (Fsp3) is 0.259. The second kappa shape index (κ2) is 20.1. The van der Waals surface area contributed by atoms with Crippen molar-refractivity contribution in [1.82, 2.24) is 5.01 Å². The van der Waals surface area contributed by atoms with Gasteiger partial charge in [0.05, 0.1) is 9.79 Å². The largest absolute Gasteiger partial charge is 0.480 e. The van der Waals surface area contributed by atoms with Gasteiger partial charge in [0.2, 0.25) is 0 Å². The molecule has 0 amide bonds. The van der Waals surface area contributed by atoms with Gasteiger partial charge in [0.1, 0.15) is 13.1 Å². The third-order valence-corrected chi connectivity index (χ3v) is 6.49. The molecule has 0 aromatic heterocycles. The quantitative estimate of drug-likeness (QED) is 0.0725. The molecule has 0 radical (unpaired) electrons. The van der Waals surface area contributed by atoms with Gasteiger partial charge in [-0.25, -0.2) is 5.01 Å². The lowest BCUT2D eigenvalue weighted by Crippen LogP contribution is -2.39. The van der Waals surface area contributed by atoms with E-state index in [1.807, 2.05) is 44.2 Å². The van der Waals surface area contributed by atoms with Gasteiger partial charge < -0.3 is 20.6 Å². The molecule has 43 heavy (non-hydrogen) atoms. The fourth-order valence-electron chi connectivity index (χ4n) is 2.69. The smallest absolute Gasteiger partial charge is 0.319 e. The first-order valence-electron chi connectivity index (χ1n) is 12.4. The number of anilines is 1. The van der Waals surface area contributed by atoms with Gasteiger partial charge in [0, 0.05) is 18.8 Å². The van der Waals surface area contributed by atoms with Crippen LogP contribution in [0.1, 0.15) is 17.5 Å². The Kier molecular flexibility index (Phi) is 18.3. The first kappa shape index (κ1) is 39.1. The van der Waals surface area contributed by atoms with Crippen LogP contribution in [0, 0.1) is 13.8 Å². The van der Waals surface area contributed by atoms with Crippen molar-refractivity contribution in [3.63, 3.8) is 0 Å². The van der Waals surface area contributed by atoms with Gasteiger partial charge >= 0.3 is 11.9 Å². The Balaban J connectivity index is 0.000000548. The Labute approximate surface area is 250 Å². The second-order valence-electron chi connectivity index (χ2n) is 8.64. The molecular weight excluding hydrogens is 606 g/mol. The van der Waals surface area contributed by atoms with Crippen LogP contribution in [0.3, 0.4) is 0 Å². The molecule has 0 aliphatic rings. The maximum atomic E-state index is 10.5. The number of benzene rings is 3. The van der Waals surface area contributed by atoms with Gasteiger partial charge in [-0.2, -0.15) is 16.8 Å². The number of aryl methyl sites for hydroxylation is 2. The maximum absolute atomic E-state index is 10.5. The molecule has 0 atom stereocenters. The van der Waals surface area contributed by atoms with Gasteiger partial charge in [-0.1, -0.05) is 53.6 Å². The molecule has 16 heteroatoms. The second-order valence-corrected chi connectivity index (χ2v) is 11.5. The summed E-state index contributed by atoms with van der Waals surface area (Å²) in [6.45, 7) is 3.83. The normalized spacial score (nSPS) is 10.6. The number of carboxylic acids is 2. The summed E-state index contributed by atoms with van der Waals surface area (Å²) in [6.07, 6.45) is 0.800. The third kappa shape index (κ3) is 20.6. The van der Waals surface area contributed by atoms with Crippen molar-refractivity contribution in [2.45, 2.75) is 30.1 Å². The van der Waals surface area contributed by atoms with Crippen LogP contribution in [0.5, 0.6) is 0 Å². The highest BCUT2D eigenvalue weighted by molar-refractivity contribution is 7.86. The molecule has 14 nitrogen and oxygen atoms in total. The topological polar surface area (TPSA) is 245 Å². The molecule has 0 saturated carbocycles. The van der Waals surface area contributed by atoms with Gasteiger partial charge in [-0.15, -0.1) is 0 Å². The lowest BCUT2D eigenvalue weighted by molar-refractivity contribution is -0.141. The number of carboxylic acid groups (broad SMARTS) is 2. The van der Waals surface area contributed by atoms with Crippen LogP contribution in [-0.2, 0) is 29.8 Å². The van der Waals surface area contributed by atoms with Gasteiger partial charge in [0.15, 0.2) is 0 Å². The molecule has 238 valence electrons. The first-order valence-corrected chi connectivity index (χ1v) is 15.2. The lowest BCUT2D eigenvalue weighted by atomic mass is 10.2. The van der Waals surface area contributed by atoms with Crippen molar-refractivity contribution in [2.75, 3.05) is 31.6 Å². The monoisotopic (exact) mass is 643 g/mol. The summed E-state index contributed by atoms with van der Waals surface area (Å²) < 4.78 is 59.1. The zero-order valence-corrected chi connectivity index (χ0v) is 25.2. The molecule has 3 aromatic carbocycles. The number of hydrogen-bond acceptors (Lipinski definition) is 10. The summed E-state index contributed by atoms with van der Waals surface area (Å²) in [4.78, 5) is 19.6. The summed E-state index contributed by atoms with van der Waals surface area (Å²) >= 11 is 0. The number of aliphatic carboxylic acids is 2. The number of aliphatic hydroxyl groups excluding tert-OH is 1. The standard InChI is InChI=1S/C9H13NO.2C7H8O3S.C4H8N2O4/c11-8-4-7-10-9-5-2-1-3-6-9;2*1-6-2-4-7(5-3-6)11(8,9)10;5-6(1-3(7)8)2-4(9)10/h1-3,5-6,10-11H,4,7-8H2;2*2-5H,1H3,(H,8,9,10);1-2,5H2,(H,7,8)(H,9,10). The third-order valence-electron chi connectivity index (χ3n) is 4.75. The minimum absolute atomic E-state index is 0.0666. The van der Waals surface area contributed by atoms with E-state index >= 15 is 0 Å². The molecule has 0 heterocycles. The van der Waals surface area contributed by atoms with Gasteiger partial charge in [0.25, 0.3) is 20.2 Å². The number of para-hydroxylation sites is 1. The zero-order valence-electron chi connectivity index (χ0n) is 23.6. The van der Waals surface area contributed by atoms with E-state index < -0.39 is 45.3 Å². The van der Waals surface area contributed by atoms with Gasteiger partial charge in [-0.05, 0) is 56.7 Å². The minimum atomic E-state index is -4.02. The number of rotatable bonds is 10. The molecular formula is C27H37N3O11S2. The predicted molar refractivity (Wildman–Crippen MR) is 160 cm³/mol. The number of aliphatic hydroxyl groups is 1. The Hall–Kier alpha value is -3.90. The van der Waals surface area contributed by atoms with E-state index in [-0.39, 0.29) is 16.4 Å². The SMILES string of the molecule is Cc1ccc(S(=O)(=O)O)cc1.Cc1ccc(S(=O)(=O)O)cc1.NN(CC(=O)O)CC(=O)O.OCCCNc1ccccc1. The van der Waals surface area contributed by atoms with Crippen LogP contribution in [0.2, 0.25) is 0 Å². The van der Waals surface area contributed by atoms with Gasteiger partial charge in [-0.3, -0.25) is 24.5 Å². The molecule has 3 rings (SSSR count). The molecule has 8 N–H and O–H groups in total. The van der Waals surface area contributed by atoms with E-state index in [2.05, 4.69) is 5.32 Å². The van der Waals surface area contributed by atoms with Crippen LogP contribution in [-0.4, -0.2) is 84.4 Å². The van der Waals surface area contributed by atoms with Crippen LogP contribution in [0.25, 0.3) is 0 Å². The van der Waals surface area contributed by atoms with Crippen LogP contribution in [0.15, 0.2) is 88.7 Å². The summed E-state index contributed by atoms with van der Waals surface area (Å²) in [5.41, 5.74) is 3.02. The average Bonchev–Trinajstić information content (AvgIpc) is 2.89. The zero-order chi connectivity index (χ0) is 33.1. The van der Waals surface area contributed by atoms with E-state index in [1.165, 1.54) is 24.3 Å². The van der Waals surface area contributed by atoms with E-state index in [9.17, 15) is 26.4 Å². The van der Waals surface area contributed by atoms with Crippen LogP contribution < -0.4 is 11.2 Å². The Bertz CT molecular complexity index is 1360.